The first-order chi connectivity index (χ1) is 20.9. The first-order valence-corrected chi connectivity index (χ1v) is 17.1. The molecule has 0 unspecified atom stereocenters. The molecule has 0 aliphatic carbocycles. The Bertz CT molecular complexity index is 1410. The number of hydrogen-bond acceptors (Lipinski definition) is 4. The van der Waals surface area contributed by atoms with Crippen LogP contribution in [0.5, 0.6) is 11.5 Å². The lowest BCUT2D eigenvalue weighted by Crippen LogP contribution is -2.11. The van der Waals surface area contributed by atoms with Crippen LogP contribution < -0.4 is 9.04 Å². The summed E-state index contributed by atoms with van der Waals surface area (Å²) in [6.45, 7) is 11.6. The maximum Gasteiger partial charge on any atom is 0.143 e. The highest BCUT2D eigenvalue weighted by Gasteiger charge is 2.22. The molecule has 0 radical (unpaired) electrons. The van der Waals surface area contributed by atoms with E-state index in [0.717, 1.165) is 28.3 Å². The molecule has 0 aromatic heterocycles. The van der Waals surface area contributed by atoms with Crippen LogP contribution in [-0.2, 0) is 0 Å². The van der Waals surface area contributed by atoms with E-state index in [1.807, 2.05) is 12.1 Å². The zero-order chi connectivity index (χ0) is 30.6. The average molecular weight is 598 g/mol. The molecule has 1 N–H and O–H groups in total. The van der Waals surface area contributed by atoms with E-state index in [9.17, 15) is 5.11 Å². The van der Waals surface area contributed by atoms with Crippen LogP contribution in [-0.4, -0.2) is 11.7 Å². The lowest BCUT2D eigenvalue weighted by molar-refractivity contribution is 0.302. The van der Waals surface area contributed by atoms with Gasteiger partial charge in [0.2, 0.25) is 0 Å². The Labute approximate surface area is 265 Å². The van der Waals surface area contributed by atoms with Gasteiger partial charge in [0.05, 0.1) is 12.3 Å². The number of unbranched alkanes of at least 4 members (excludes halogenated alkanes) is 10. The Morgan fingerprint density at radius 2 is 1.26 bits per heavy atom. The molecule has 0 saturated carbocycles. The Morgan fingerprint density at radius 3 is 1.84 bits per heavy atom. The quantitative estimate of drug-likeness (QED) is 0.131. The largest absolute Gasteiger partial charge is 0.506 e. The number of hydrogen-bond donors (Lipinski definition) is 1. The Hall–Kier alpha value is -3.11. The highest BCUT2D eigenvalue weighted by Crippen LogP contribution is 2.46. The molecule has 0 amide bonds. The monoisotopic (exact) mass is 597 g/mol. The minimum Gasteiger partial charge on any atom is -0.506 e. The number of benzene rings is 3. The van der Waals surface area contributed by atoms with Gasteiger partial charge in [-0.2, -0.15) is 0 Å². The molecule has 1 aliphatic rings. The average Bonchev–Trinajstić information content (AvgIpc) is 2.97. The van der Waals surface area contributed by atoms with Crippen molar-refractivity contribution in [3.05, 3.63) is 100 Å². The van der Waals surface area contributed by atoms with E-state index in [2.05, 4.69) is 87.6 Å². The topological polar surface area (TPSA) is 32.7 Å². The smallest absolute Gasteiger partial charge is 0.143 e. The van der Waals surface area contributed by atoms with Crippen LogP contribution in [0.4, 0.5) is 5.69 Å². The molecule has 3 aromatic carbocycles. The van der Waals surface area contributed by atoms with Gasteiger partial charge >= 0.3 is 0 Å². The van der Waals surface area contributed by atoms with E-state index in [0.29, 0.717) is 6.61 Å². The third-order valence-corrected chi connectivity index (χ3v) is 9.31. The number of phenols is 1. The molecule has 3 aromatic rings. The van der Waals surface area contributed by atoms with Gasteiger partial charge in [0.15, 0.2) is 0 Å². The number of nitrogens with zero attached hydrogens (tertiary/aromatic N) is 1. The third-order valence-electron chi connectivity index (χ3n) is 8.28. The Balaban J connectivity index is 1.38. The van der Waals surface area contributed by atoms with Crippen LogP contribution >= 0.6 is 11.9 Å². The Morgan fingerprint density at radius 1 is 0.674 bits per heavy atom. The molecule has 1 aliphatic heterocycles. The van der Waals surface area contributed by atoms with Crippen LogP contribution in [0.15, 0.2) is 66.9 Å². The number of aromatic hydroxyl groups is 1. The molecule has 0 spiro atoms. The fourth-order valence-electron chi connectivity index (χ4n) is 5.82. The van der Waals surface area contributed by atoms with Gasteiger partial charge in [0.1, 0.15) is 11.5 Å². The molecule has 4 rings (SSSR count). The van der Waals surface area contributed by atoms with Crippen molar-refractivity contribution in [2.24, 2.45) is 0 Å². The number of anilines is 1. The summed E-state index contributed by atoms with van der Waals surface area (Å²) >= 11 is 1.64. The minimum atomic E-state index is 0.224. The summed E-state index contributed by atoms with van der Waals surface area (Å²) in [6.07, 6.45) is 18.9. The maximum atomic E-state index is 11.1. The number of aryl methyl sites for hydroxylation is 4. The normalized spacial score (nSPS) is 13.2. The van der Waals surface area contributed by atoms with Crippen LogP contribution in [0, 0.1) is 27.7 Å². The summed E-state index contributed by atoms with van der Waals surface area (Å²) in [6, 6.07) is 18.9. The van der Waals surface area contributed by atoms with Crippen molar-refractivity contribution in [1.82, 2.24) is 0 Å². The summed E-state index contributed by atoms with van der Waals surface area (Å²) in [5.41, 5.74) is 9.29. The van der Waals surface area contributed by atoms with E-state index in [4.69, 9.17) is 4.74 Å². The first kappa shape index (κ1) is 32.8. The van der Waals surface area contributed by atoms with E-state index in [-0.39, 0.29) is 5.75 Å². The standard InChI is InChI=1S/C39H51NO2S/c1-6-7-8-9-10-11-12-13-14-15-16-23-42-34-19-22-37(38(41)27-34)40-28-33(35-20-17-29(2)24-31(35)4)26-39(43-40)36-21-18-30(3)25-32(36)5/h17-22,24-28,41H,6-16,23H2,1-5H3. The van der Waals surface area contributed by atoms with E-state index in [1.165, 1.54) is 97.6 Å². The Kier molecular flexibility index (Phi) is 12.7. The molecular formula is C39H51NO2S. The second-order valence-corrected chi connectivity index (χ2v) is 13.2. The maximum absolute atomic E-state index is 11.1. The lowest BCUT2D eigenvalue weighted by Gasteiger charge is -2.28. The SMILES string of the molecule is CCCCCCCCCCCCCOc1ccc(N2C=C(c3ccc(C)cc3C)C=C(c3ccc(C)cc3C)S2)c(O)c1. The molecule has 230 valence electrons. The summed E-state index contributed by atoms with van der Waals surface area (Å²) in [5.74, 6) is 0.945. The van der Waals surface area contributed by atoms with Gasteiger partial charge in [0.25, 0.3) is 0 Å². The van der Waals surface area contributed by atoms with Crippen LogP contribution in [0.1, 0.15) is 111 Å². The van der Waals surface area contributed by atoms with Crippen molar-refractivity contribution in [2.45, 2.75) is 105 Å². The van der Waals surface area contributed by atoms with E-state index >= 15 is 0 Å². The zero-order valence-corrected chi connectivity index (χ0v) is 27.9. The van der Waals surface area contributed by atoms with Gasteiger partial charge < -0.3 is 9.84 Å². The van der Waals surface area contributed by atoms with Crippen molar-refractivity contribution in [3.63, 3.8) is 0 Å². The second-order valence-electron chi connectivity index (χ2n) is 12.2. The molecule has 43 heavy (non-hydrogen) atoms. The minimum absolute atomic E-state index is 0.224. The van der Waals surface area contributed by atoms with Gasteiger partial charge in [-0.25, -0.2) is 0 Å². The predicted molar refractivity (Wildman–Crippen MR) is 188 cm³/mol. The molecule has 4 heteroatoms. The molecule has 3 nitrogen and oxygen atoms in total. The zero-order valence-electron chi connectivity index (χ0n) is 27.0. The molecular weight excluding hydrogens is 547 g/mol. The van der Waals surface area contributed by atoms with Crippen molar-refractivity contribution in [2.75, 3.05) is 10.9 Å². The van der Waals surface area contributed by atoms with Gasteiger partial charge in [-0.3, -0.25) is 4.31 Å². The first-order valence-electron chi connectivity index (χ1n) is 16.4. The van der Waals surface area contributed by atoms with Gasteiger partial charge in [-0.1, -0.05) is 119 Å². The van der Waals surface area contributed by atoms with Crippen LogP contribution in [0.3, 0.4) is 0 Å². The van der Waals surface area contributed by atoms with E-state index in [1.54, 1.807) is 18.0 Å². The molecule has 0 bridgehead atoms. The number of phenolic OH excluding ortho intramolecular Hbond substituents is 1. The van der Waals surface area contributed by atoms with Crippen molar-refractivity contribution in [1.29, 1.82) is 0 Å². The highest BCUT2D eigenvalue weighted by atomic mass is 32.2. The van der Waals surface area contributed by atoms with Crippen LogP contribution in [0.2, 0.25) is 0 Å². The summed E-state index contributed by atoms with van der Waals surface area (Å²) in [4.78, 5) is 1.16. The number of ether oxygens (including phenoxy) is 1. The van der Waals surface area contributed by atoms with Crippen molar-refractivity contribution < 1.29 is 9.84 Å². The highest BCUT2D eigenvalue weighted by molar-refractivity contribution is 8.09. The number of rotatable bonds is 16. The van der Waals surface area contributed by atoms with Crippen LogP contribution in [0.25, 0.3) is 10.5 Å². The fraction of sp³-hybridized carbons (Fsp3) is 0.436. The summed E-state index contributed by atoms with van der Waals surface area (Å²) in [5, 5.41) is 11.1. The number of allylic oxidation sites excluding steroid dienone is 2. The predicted octanol–water partition coefficient (Wildman–Crippen LogP) is 11.9. The summed E-state index contributed by atoms with van der Waals surface area (Å²) in [7, 11) is 0. The molecule has 1 heterocycles. The van der Waals surface area contributed by atoms with Crippen molar-refractivity contribution >= 4 is 28.1 Å². The fourth-order valence-corrected chi connectivity index (χ4v) is 6.96. The van der Waals surface area contributed by atoms with Gasteiger partial charge in [-0.05, 0) is 86.5 Å². The van der Waals surface area contributed by atoms with Crippen molar-refractivity contribution in [3.8, 4) is 11.5 Å². The van der Waals surface area contributed by atoms with E-state index < -0.39 is 0 Å². The molecule has 0 fully saturated rings. The molecule has 0 saturated heterocycles. The van der Waals surface area contributed by atoms with Gasteiger partial charge in [0, 0.05) is 22.7 Å². The molecule has 0 atom stereocenters. The second kappa shape index (κ2) is 16.7. The third kappa shape index (κ3) is 9.69. The lowest BCUT2D eigenvalue weighted by atomic mass is 9.97. The summed E-state index contributed by atoms with van der Waals surface area (Å²) < 4.78 is 8.12. The van der Waals surface area contributed by atoms with Gasteiger partial charge in [-0.15, -0.1) is 0 Å².